The molecule has 0 unspecified atom stereocenters. The van der Waals surface area contributed by atoms with Gasteiger partial charge in [0.15, 0.2) is 23.3 Å². The number of rotatable bonds is 0. The van der Waals surface area contributed by atoms with Crippen LogP contribution in [0, 0.1) is 23.3 Å². The van der Waals surface area contributed by atoms with Crippen molar-refractivity contribution in [1.82, 2.24) is 0 Å². The molecule has 0 saturated heterocycles. The van der Waals surface area contributed by atoms with Crippen molar-refractivity contribution >= 4 is 0 Å². The molecule has 0 atom stereocenters. The molecular formula is C14H6F4. The Bertz CT molecular complexity index is 732. The minimum Gasteiger partial charge on any atom is -0.204 e. The van der Waals surface area contributed by atoms with E-state index in [1.807, 2.05) is 0 Å². The Morgan fingerprint density at radius 1 is 0.667 bits per heavy atom. The third kappa shape index (κ3) is 1.01. The van der Waals surface area contributed by atoms with Crippen LogP contribution in [0.4, 0.5) is 17.6 Å². The summed E-state index contributed by atoms with van der Waals surface area (Å²) in [4.78, 5) is 0. The minimum atomic E-state index is -1.09. The van der Waals surface area contributed by atoms with Crippen molar-refractivity contribution in [2.24, 2.45) is 0 Å². The van der Waals surface area contributed by atoms with Crippen molar-refractivity contribution in [3.63, 3.8) is 0 Å². The highest BCUT2D eigenvalue weighted by atomic mass is 19.2. The molecule has 4 heteroatoms. The summed E-state index contributed by atoms with van der Waals surface area (Å²) in [6.45, 7) is 0. The SMILES string of the molecule is Fc1ccc2c(c1F)-c1c(F)c(F)c3c(c1C2)C3. The molecule has 2 aliphatic rings. The molecule has 0 amide bonds. The average molecular weight is 250 g/mol. The summed E-state index contributed by atoms with van der Waals surface area (Å²) in [5.74, 6) is -4.10. The molecule has 2 aromatic carbocycles. The molecule has 0 N–H and O–H groups in total. The van der Waals surface area contributed by atoms with Gasteiger partial charge in [-0.25, -0.2) is 17.6 Å². The highest BCUT2D eigenvalue weighted by Crippen LogP contribution is 2.49. The molecular weight excluding hydrogens is 244 g/mol. The summed E-state index contributed by atoms with van der Waals surface area (Å²) in [5, 5.41) is 0. The van der Waals surface area contributed by atoms with Gasteiger partial charge >= 0.3 is 0 Å². The van der Waals surface area contributed by atoms with E-state index in [0.29, 0.717) is 29.5 Å². The van der Waals surface area contributed by atoms with E-state index in [1.165, 1.54) is 6.07 Å². The highest BCUT2D eigenvalue weighted by molar-refractivity contribution is 5.82. The Morgan fingerprint density at radius 3 is 2.22 bits per heavy atom. The van der Waals surface area contributed by atoms with Crippen molar-refractivity contribution < 1.29 is 17.6 Å². The van der Waals surface area contributed by atoms with E-state index in [4.69, 9.17) is 0 Å². The molecule has 2 aliphatic carbocycles. The Hall–Kier alpha value is -1.84. The maximum atomic E-state index is 13.9. The second kappa shape index (κ2) is 2.94. The summed E-state index contributed by atoms with van der Waals surface area (Å²) < 4.78 is 54.5. The van der Waals surface area contributed by atoms with Crippen molar-refractivity contribution in [3.05, 3.63) is 57.7 Å². The minimum absolute atomic E-state index is 0.0873. The first-order valence-corrected chi connectivity index (χ1v) is 5.58. The van der Waals surface area contributed by atoms with E-state index in [-0.39, 0.29) is 11.1 Å². The fraction of sp³-hybridized carbons (Fsp3) is 0.143. The summed E-state index contributed by atoms with van der Waals surface area (Å²) in [6.07, 6.45) is 0.761. The number of halogens is 4. The van der Waals surface area contributed by atoms with Crippen LogP contribution in [0.25, 0.3) is 11.1 Å². The molecule has 0 bridgehead atoms. The fourth-order valence-electron chi connectivity index (χ4n) is 2.81. The zero-order valence-corrected chi connectivity index (χ0v) is 9.08. The number of benzene rings is 2. The van der Waals surface area contributed by atoms with Gasteiger partial charge in [0.25, 0.3) is 0 Å². The van der Waals surface area contributed by atoms with Crippen LogP contribution in [0.15, 0.2) is 12.1 Å². The van der Waals surface area contributed by atoms with Crippen LogP contribution in [-0.2, 0) is 12.8 Å². The summed E-state index contributed by atoms with van der Waals surface area (Å²) in [5.41, 5.74) is 2.05. The molecule has 18 heavy (non-hydrogen) atoms. The van der Waals surface area contributed by atoms with Gasteiger partial charge in [0.1, 0.15) is 0 Å². The lowest BCUT2D eigenvalue weighted by Crippen LogP contribution is -1.94. The van der Waals surface area contributed by atoms with Gasteiger partial charge in [-0.15, -0.1) is 0 Å². The lowest BCUT2D eigenvalue weighted by molar-refractivity contribution is 0.501. The van der Waals surface area contributed by atoms with Crippen LogP contribution in [0.2, 0.25) is 0 Å². The van der Waals surface area contributed by atoms with Crippen molar-refractivity contribution in [2.45, 2.75) is 12.8 Å². The maximum Gasteiger partial charge on any atom is 0.167 e. The third-order valence-electron chi connectivity index (χ3n) is 3.73. The number of hydrogen-bond donors (Lipinski definition) is 0. The molecule has 4 rings (SSSR count). The van der Waals surface area contributed by atoms with E-state index >= 15 is 0 Å². The Balaban J connectivity index is 2.13. The monoisotopic (exact) mass is 250 g/mol. The zero-order chi connectivity index (χ0) is 12.6. The fourth-order valence-corrected chi connectivity index (χ4v) is 2.81. The number of hydrogen-bond acceptors (Lipinski definition) is 0. The summed E-state index contributed by atoms with van der Waals surface area (Å²) >= 11 is 0. The lowest BCUT2D eigenvalue weighted by Gasteiger charge is -2.05. The quantitative estimate of drug-likeness (QED) is 0.417. The van der Waals surface area contributed by atoms with Gasteiger partial charge in [-0.3, -0.25) is 0 Å². The normalized spacial score (nSPS) is 14.2. The van der Waals surface area contributed by atoms with Gasteiger partial charge in [0, 0.05) is 17.5 Å². The molecule has 0 aliphatic heterocycles. The van der Waals surface area contributed by atoms with E-state index in [0.717, 1.165) is 11.6 Å². The van der Waals surface area contributed by atoms with Crippen LogP contribution in [0.1, 0.15) is 22.3 Å². The largest absolute Gasteiger partial charge is 0.204 e. The highest BCUT2D eigenvalue weighted by Gasteiger charge is 2.38. The molecule has 0 spiro atoms. The van der Waals surface area contributed by atoms with Crippen molar-refractivity contribution in [1.29, 1.82) is 0 Å². The van der Waals surface area contributed by atoms with Gasteiger partial charge in [0.2, 0.25) is 0 Å². The predicted octanol–water partition coefficient (Wildman–Crippen LogP) is 3.72. The Labute approximate surface area is 99.9 Å². The Morgan fingerprint density at radius 2 is 1.44 bits per heavy atom. The van der Waals surface area contributed by atoms with E-state index in [9.17, 15) is 17.6 Å². The van der Waals surface area contributed by atoms with Crippen LogP contribution in [0.5, 0.6) is 0 Å². The average Bonchev–Trinajstić information content (AvgIpc) is 3.05. The first kappa shape index (κ1) is 10.1. The smallest absolute Gasteiger partial charge is 0.167 e. The molecule has 0 aromatic heterocycles. The summed E-state index contributed by atoms with van der Waals surface area (Å²) in [7, 11) is 0. The first-order valence-electron chi connectivity index (χ1n) is 5.58. The van der Waals surface area contributed by atoms with Gasteiger partial charge < -0.3 is 0 Å². The van der Waals surface area contributed by atoms with E-state index in [1.54, 1.807) is 0 Å². The number of fused-ring (bicyclic) bond motifs is 5. The molecule has 90 valence electrons. The molecule has 0 saturated carbocycles. The Kier molecular flexibility index (Phi) is 1.65. The molecule has 0 radical (unpaired) electrons. The molecule has 0 heterocycles. The molecule has 0 nitrogen and oxygen atoms in total. The van der Waals surface area contributed by atoms with Crippen LogP contribution in [-0.4, -0.2) is 0 Å². The van der Waals surface area contributed by atoms with Gasteiger partial charge in [-0.2, -0.15) is 0 Å². The van der Waals surface area contributed by atoms with Crippen LogP contribution < -0.4 is 0 Å². The predicted molar refractivity (Wildman–Crippen MR) is 57.3 cm³/mol. The molecule has 2 aromatic rings. The van der Waals surface area contributed by atoms with Crippen molar-refractivity contribution in [2.75, 3.05) is 0 Å². The maximum absolute atomic E-state index is 13.9. The molecule has 0 fully saturated rings. The van der Waals surface area contributed by atoms with E-state index in [2.05, 4.69) is 0 Å². The first-order chi connectivity index (χ1) is 8.59. The topological polar surface area (TPSA) is 0 Å². The second-order valence-electron chi connectivity index (χ2n) is 4.69. The standard InChI is InChI=1S/C14H6F4/c15-9-2-1-5-3-7-6-4-8(6)12(16)14(18)11(7)10(5)13(9)17/h1-2H,3-4H2. The van der Waals surface area contributed by atoms with Crippen LogP contribution in [0.3, 0.4) is 0 Å². The zero-order valence-electron chi connectivity index (χ0n) is 9.08. The van der Waals surface area contributed by atoms with Crippen molar-refractivity contribution in [3.8, 4) is 11.1 Å². The van der Waals surface area contributed by atoms with Gasteiger partial charge in [0.05, 0.1) is 0 Å². The van der Waals surface area contributed by atoms with Gasteiger partial charge in [-0.05, 0) is 34.7 Å². The summed E-state index contributed by atoms with van der Waals surface area (Å²) in [6, 6.07) is 2.45. The second-order valence-corrected chi connectivity index (χ2v) is 4.69. The van der Waals surface area contributed by atoms with E-state index < -0.39 is 23.3 Å². The third-order valence-corrected chi connectivity index (χ3v) is 3.73. The lowest BCUT2D eigenvalue weighted by atomic mass is 10.0. The van der Waals surface area contributed by atoms with Crippen LogP contribution >= 0.6 is 0 Å². The van der Waals surface area contributed by atoms with Gasteiger partial charge in [-0.1, -0.05) is 6.07 Å².